The van der Waals surface area contributed by atoms with Crippen molar-refractivity contribution in [1.29, 1.82) is 0 Å². The molecule has 0 aliphatic heterocycles. The zero-order valence-corrected chi connectivity index (χ0v) is 31.8. The first-order valence-corrected chi connectivity index (χ1v) is 17.7. The van der Waals surface area contributed by atoms with E-state index in [2.05, 4.69) is 41.5 Å². The van der Waals surface area contributed by atoms with Crippen LogP contribution in [-0.4, -0.2) is 37.1 Å². The molecule has 2 aromatic rings. The molecule has 262 valence electrons. The highest BCUT2D eigenvalue weighted by molar-refractivity contribution is 6.47. The fraction of sp³-hybridized carbons (Fsp3) is 0.529. The number of esters is 4. The second-order valence-electron chi connectivity index (χ2n) is 13.6. The van der Waals surface area contributed by atoms with Gasteiger partial charge in [0.25, 0.3) is 0 Å². The minimum absolute atomic E-state index is 0.0430. The quantitative estimate of drug-likeness (QED) is 0.101. The van der Waals surface area contributed by atoms with Gasteiger partial charge >= 0.3 is 23.9 Å². The van der Waals surface area contributed by atoms with E-state index in [-0.39, 0.29) is 66.0 Å². The molecule has 4 rings (SSSR count). The Morgan fingerprint density at radius 2 is 0.958 bits per heavy atom. The monoisotopic (exact) mass is 782 g/mol. The van der Waals surface area contributed by atoms with Gasteiger partial charge in [-0.2, -0.15) is 0 Å². The molecular weight excluding hydrogens is 749 g/mol. The van der Waals surface area contributed by atoms with Gasteiger partial charge in [0.1, 0.15) is 11.1 Å². The van der Waals surface area contributed by atoms with Crippen LogP contribution in [-0.2, 0) is 19.1 Å². The average molecular weight is 785 g/mol. The van der Waals surface area contributed by atoms with Crippen LogP contribution < -0.4 is 9.47 Å². The highest BCUT2D eigenvalue weighted by atomic mass is 35.5. The standard InChI is InChI=1S/C34H36Cl6O8/c1-7-15-11-33(3,4)17(15)13-45-29(41)23-25(39)19(35)9-21(37)27(23)47-31(43)32(44)48-28-22(38)10-20(36)26(40)24(28)30(42)46-14-18-16(8-2)12-34(18,5)6/h9-10,15-18H,7-8,11-14H2,1-6H3. The van der Waals surface area contributed by atoms with Crippen LogP contribution in [0.5, 0.6) is 11.5 Å². The van der Waals surface area contributed by atoms with Crippen molar-refractivity contribution in [3.63, 3.8) is 0 Å². The molecule has 0 N–H and O–H groups in total. The molecule has 0 amide bonds. The molecule has 4 unspecified atom stereocenters. The lowest BCUT2D eigenvalue weighted by Crippen LogP contribution is -2.46. The van der Waals surface area contributed by atoms with Crippen LogP contribution in [0.25, 0.3) is 0 Å². The lowest BCUT2D eigenvalue weighted by Gasteiger charge is -2.51. The number of halogens is 6. The largest absolute Gasteiger partial charge is 0.462 e. The van der Waals surface area contributed by atoms with Crippen LogP contribution >= 0.6 is 69.6 Å². The van der Waals surface area contributed by atoms with Crippen molar-refractivity contribution in [2.75, 3.05) is 13.2 Å². The maximum absolute atomic E-state index is 13.3. The minimum Gasteiger partial charge on any atom is -0.462 e. The number of rotatable bonds is 10. The number of benzene rings is 2. The predicted octanol–water partition coefficient (Wildman–Crippen LogP) is 10.6. The molecule has 14 heteroatoms. The maximum Gasteiger partial charge on any atom is 0.423 e. The van der Waals surface area contributed by atoms with E-state index in [1.165, 1.54) is 0 Å². The second-order valence-corrected chi connectivity index (χ2v) is 16.0. The van der Waals surface area contributed by atoms with Gasteiger partial charge in [-0.1, -0.05) is 124 Å². The van der Waals surface area contributed by atoms with Gasteiger partial charge in [-0.15, -0.1) is 0 Å². The summed E-state index contributed by atoms with van der Waals surface area (Å²) in [4.78, 5) is 52.8. The Balaban J connectivity index is 1.55. The van der Waals surface area contributed by atoms with Crippen LogP contribution in [0, 0.1) is 34.5 Å². The fourth-order valence-electron chi connectivity index (χ4n) is 6.94. The van der Waals surface area contributed by atoms with E-state index in [0.717, 1.165) is 37.8 Å². The molecule has 4 atom stereocenters. The third-order valence-electron chi connectivity index (χ3n) is 9.78. The Bertz CT molecular complexity index is 1520. The van der Waals surface area contributed by atoms with Gasteiger partial charge in [0.05, 0.1) is 43.3 Å². The summed E-state index contributed by atoms with van der Waals surface area (Å²) in [6, 6.07) is 2.27. The topological polar surface area (TPSA) is 105 Å². The first-order valence-electron chi connectivity index (χ1n) is 15.5. The van der Waals surface area contributed by atoms with Crippen molar-refractivity contribution in [2.45, 2.75) is 67.2 Å². The summed E-state index contributed by atoms with van der Waals surface area (Å²) >= 11 is 37.7. The molecule has 48 heavy (non-hydrogen) atoms. The van der Waals surface area contributed by atoms with E-state index in [9.17, 15) is 19.2 Å². The molecule has 2 aromatic carbocycles. The summed E-state index contributed by atoms with van der Waals surface area (Å²) < 4.78 is 21.6. The Morgan fingerprint density at radius 1 is 0.625 bits per heavy atom. The van der Waals surface area contributed by atoms with Crippen LogP contribution in [0.4, 0.5) is 0 Å². The number of ether oxygens (including phenoxy) is 4. The van der Waals surface area contributed by atoms with Gasteiger partial charge in [-0.05, 0) is 47.6 Å². The zero-order chi connectivity index (χ0) is 35.9. The van der Waals surface area contributed by atoms with E-state index in [0.29, 0.717) is 11.8 Å². The Labute approximate surface area is 309 Å². The van der Waals surface area contributed by atoms with Crippen molar-refractivity contribution in [2.24, 2.45) is 34.5 Å². The van der Waals surface area contributed by atoms with Gasteiger partial charge in [0.15, 0.2) is 11.5 Å². The number of carbonyl (C=O) groups excluding carboxylic acids is 4. The molecule has 2 fully saturated rings. The highest BCUT2D eigenvalue weighted by Crippen LogP contribution is 2.53. The third-order valence-corrected chi connectivity index (χ3v) is 11.9. The van der Waals surface area contributed by atoms with E-state index in [4.69, 9.17) is 88.6 Å². The lowest BCUT2D eigenvalue weighted by atomic mass is 9.55. The smallest absolute Gasteiger partial charge is 0.423 e. The molecule has 0 aromatic heterocycles. The van der Waals surface area contributed by atoms with Crippen LogP contribution in [0.2, 0.25) is 30.1 Å². The van der Waals surface area contributed by atoms with Crippen LogP contribution in [0.1, 0.15) is 87.9 Å². The normalized spacial score (nSPS) is 22.2. The molecule has 0 bridgehead atoms. The summed E-state index contributed by atoms with van der Waals surface area (Å²) in [6.07, 6.45) is 3.81. The molecular formula is C34H36Cl6O8. The fourth-order valence-corrected chi connectivity index (χ4v) is 8.38. The first kappa shape index (κ1) is 38.9. The Hall–Kier alpha value is -1.94. The first-order chi connectivity index (χ1) is 22.3. The van der Waals surface area contributed by atoms with Crippen molar-refractivity contribution < 1.29 is 38.1 Å². The molecule has 0 saturated heterocycles. The summed E-state index contributed by atoms with van der Waals surface area (Å²) in [5.74, 6) is -5.45. The number of carbonyl (C=O) groups is 4. The average Bonchev–Trinajstić information content (AvgIpc) is 3.00. The summed E-state index contributed by atoms with van der Waals surface area (Å²) in [5, 5.41) is -1.47. The van der Waals surface area contributed by atoms with Gasteiger partial charge in [0.2, 0.25) is 0 Å². The van der Waals surface area contributed by atoms with E-state index in [1.807, 2.05) is 0 Å². The third kappa shape index (κ3) is 7.84. The van der Waals surface area contributed by atoms with Gasteiger partial charge < -0.3 is 18.9 Å². The maximum atomic E-state index is 13.3. The number of hydrogen-bond donors (Lipinski definition) is 0. The van der Waals surface area contributed by atoms with Crippen molar-refractivity contribution in [3.05, 3.63) is 53.4 Å². The van der Waals surface area contributed by atoms with Crippen molar-refractivity contribution in [1.82, 2.24) is 0 Å². The second kappa shape index (κ2) is 15.1. The van der Waals surface area contributed by atoms with Gasteiger partial charge in [0, 0.05) is 11.8 Å². The zero-order valence-electron chi connectivity index (χ0n) is 27.2. The summed E-state index contributed by atoms with van der Waals surface area (Å²) in [5.41, 5.74) is -1.000. The molecule has 2 aliphatic rings. The van der Waals surface area contributed by atoms with Gasteiger partial charge in [-0.25, -0.2) is 19.2 Å². The van der Waals surface area contributed by atoms with Crippen molar-refractivity contribution in [3.8, 4) is 11.5 Å². The van der Waals surface area contributed by atoms with Crippen LogP contribution in [0.15, 0.2) is 12.1 Å². The highest BCUT2D eigenvalue weighted by Gasteiger charge is 2.48. The Kier molecular flexibility index (Phi) is 12.2. The van der Waals surface area contributed by atoms with Crippen LogP contribution in [0.3, 0.4) is 0 Å². The summed E-state index contributed by atoms with van der Waals surface area (Å²) in [7, 11) is 0. The molecule has 0 spiro atoms. The predicted molar refractivity (Wildman–Crippen MR) is 186 cm³/mol. The number of hydrogen-bond acceptors (Lipinski definition) is 8. The van der Waals surface area contributed by atoms with E-state index >= 15 is 0 Å². The van der Waals surface area contributed by atoms with Gasteiger partial charge in [-0.3, -0.25) is 0 Å². The molecule has 0 radical (unpaired) electrons. The van der Waals surface area contributed by atoms with Crippen molar-refractivity contribution >= 4 is 93.5 Å². The molecule has 2 saturated carbocycles. The Morgan fingerprint density at radius 3 is 1.25 bits per heavy atom. The lowest BCUT2D eigenvalue weighted by molar-refractivity contribution is -0.156. The molecule has 2 aliphatic carbocycles. The minimum atomic E-state index is -1.64. The SMILES string of the molecule is CCC1CC(C)(C)C1COC(=O)c1c(Cl)c(Cl)cc(Cl)c1OC(=O)C(=O)Oc1c(Cl)cc(Cl)c(Cl)c1C(=O)OCC1C(CC)CC1(C)C. The summed E-state index contributed by atoms with van der Waals surface area (Å²) in [6.45, 7) is 12.6. The molecule has 8 nitrogen and oxygen atoms in total. The molecule has 0 heterocycles. The van der Waals surface area contributed by atoms with E-state index in [1.54, 1.807) is 0 Å². The van der Waals surface area contributed by atoms with E-state index < -0.39 is 46.5 Å².